The van der Waals surface area contributed by atoms with Crippen molar-refractivity contribution in [1.82, 2.24) is 0 Å². The van der Waals surface area contributed by atoms with Crippen molar-refractivity contribution >= 4 is 12.6 Å². The molecule has 0 amide bonds. The third kappa shape index (κ3) is 4.63. The van der Waals surface area contributed by atoms with Gasteiger partial charge in [0.1, 0.15) is 0 Å². The molecule has 68 valence electrons. The lowest BCUT2D eigenvalue weighted by Crippen LogP contribution is -2.30. The third-order valence-electron chi connectivity index (χ3n) is 1.17. The number of thiol groups is 1. The molecule has 0 bridgehead atoms. The van der Waals surface area contributed by atoms with E-state index in [1.165, 1.54) is 0 Å². The Morgan fingerprint density at radius 1 is 1.27 bits per heavy atom. The number of rotatable bonds is 6. The normalized spacial score (nSPS) is 12.0. The molecule has 0 aliphatic carbocycles. The maximum absolute atomic E-state index is 8.65. The summed E-state index contributed by atoms with van der Waals surface area (Å²) in [6.07, 6.45) is 0.387. The van der Waals surface area contributed by atoms with Crippen molar-refractivity contribution in [3.05, 3.63) is 0 Å². The second-order valence-electron chi connectivity index (χ2n) is 2.05. The minimum atomic E-state index is -0.905. The largest absolute Gasteiger partial charge is 0.396 e. The lowest BCUT2D eigenvalue weighted by molar-refractivity contribution is -0.171. The summed E-state index contributed by atoms with van der Waals surface area (Å²) in [5.74, 6) is 0. The molecule has 0 aromatic rings. The molecule has 0 saturated heterocycles. The number of ether oxygens (including phenoxy) is 2. The molecule has 11 heavy (non-hydrogen) atoms. The van der Waals surface area contributed by atoms with Crippen LogP contribution in [0.4, 0.5) is 0 Å². The summed E-state index contributed by atoms with van der Waals surface area (Å²) in [4.78, 5) is 0. The van der Waals surface area contributed by atoms with Crippen LogP contribution in [0.1, 0.15) is 20.3 Å². The first-order valence-corrected chi connectivity index (χ1v) is 4.24. The van der Waals surface area contributed by atoms with E-state index in [4.69, 9.17) is 14.6 Å². The van der Waals surface area contributed by atoms with E-state index >= 15 is 0 Å². The smallest absolute Gasteiger partial charge is 0.217 e. The molecule has 0 aromatic heterocycles. The van der Waals surface area contributed by atoms with Gasteiger partial charge in [0.15, 0.2) is 0 Å². The van der Waals surface area contributed by atoms with E-state index < -0.39 is 5.12 Å². The highest BCUT2D eigenvalue weighted by atomic mass is 32.1. The van der Waals surface area contributed by atoms with Crippen LogP contribution in [0.5, 0.6) is 0 Å². The number of aliphatic hydroxyl groups is 1. The Hall–Kier alpha value is 0.230. The molecule has 0 atom stereocenters. The zero-order chi connectivity index (χ0) is 8.74. The SMILES string of the molecule is CCOC(S)(CCO)OCC. The van der Waals surface area contributed by atoms with E-state index in [1.807, 2.05) is 13.8 Å². The summed E-state index contributed by atoms with van der Waals surface area (Å²) in [5.41, 5.74) is 0. The predicted octanol–water partition coefficient (Wildman–Crippen LogP) is 1.03. The van der Waals surface area contributed by atoms with Gasteiger partial charge in [-0.1, -0.05) is 0 Å². The van der Waals surface area contributed by atoms with Gasteiger partial charge in [0, 0.05) is 26.2 Å². The molecule has 0 rings (SSSR count). The average molecular weight is 180 g/mol. The molecule has 3 nitrogen and oxygen atoms in total. The van der Waals surface area contributed by atoms with Crippen LogP contribution in [0.25, 0.3) is 0 Å². The highest BCUT2D eigenvalue weighted by Crippen LogP contribution is 2.21. The molecular formula is C7H16O3S. The van der Waals surface area contributed by atoms with Crippen molar-refractivity contribution < 1.29 is 14.6 Å². The fourth-order valence-electron chi connectivity index (χ4n) is 0.778. The quantitative estimate of drug-likeness (QED) is 0.473. The van der Waals surface area contributed by atoms with Crippen LogP contribution in [0.3, 0.4) is 0 Å². The van der Waals surface area contributed by atoms with E-state index in [0.717, 1.165) is 0 Å². The monoisotopic (exact) mass is 180 g/mol. The van der Waals surface area contributed by atoms with E-state index in [2.05, 4.69) is 12.6 Å². The first-order chi connectivity index (χ1) is 5.18. The zero-order valence-electron chi connectivity index (χ0n) is 7.04. The number of hydrogen-bond acceptors (Lipinski definition) is 4. The van der Waals surface area contributed by atoms with Crippen molar-refractivity contribution in [2.75, 3.05) is 19.8 Å². The summed E-state index contributed by atoms with van der Waals surface area (Å²) >= 11 is 4.15. The van der Waals surface area contributed by atoms with E-state index in [0.29, 0.717) is 19.6 Å². The zero-order valence-corrected chi connectivity index (χ0v) is 7.93. The Balaban J connectivity index is 3.79. The molecule has 0 radical (unpaired) electrons. The van der Waals surface area contributed by atoms with Gasteiger partial charge in [0.05, 0.1) is 0 Å². The van der Waals surface area contributed by atoms with Crippen LogP contribution in [0.15, 0.2) is 0 Å². The van der Waals surface area contributed by atoms with E-state index in [1.54, 1.807) is 0 Å². The maximum atomic E-state index is 8.65. The second-order valence-corrected chi connectivity index (χ2v) is 2.73. The van der Waals surface area contributed by atoms with Gasteiger partial charge < -0.3 is 14.6 Å². The van der Waals surface area contributed by atoms with E-state index in [-0.39, 0.29) is 6.61 Å². The van der Waals surface area contributed by atoms with E-state index in [9.17, 15) is 0 Å². The molecule has 0 heterocycles. The Morgan fingerprint density at radius 2 is 1.73 bits per heavy atom. The Labute approximate surface area is 73.1 Å². The van der Waals surface area contributed by atoms with Gasteiger partial charge in [-0.2, -0.15) is 0 Å². The van der Waals surface area contributed by atoms with Crippen molar-refractivity contribution in [3.8, 4) is 0 Å². The molecule has 4 heteroatoms. The molecule has 0 aromatic carbocycles. The lowest BCUT2D eigenvalue weighted by Gasteiger charge is -2.26. The molecule has 0 aliphatic rings. The standard InChI is InChI=1S/C7H16O3S/c1-3-9-7(11,5-6-8)10-4-2/h8,11H,3-6H2,1-2H3. The Kier molecular flexibility index (Phi) is 5.95. The van der Waals surface area contributed by atoms with Gasteiger partial charge in [0.25, 0.3) is 0 Å². The molecule has 0 fully saturated rings. The van der Waals surface area contributed by atoms with Crippen LogP contribution < -0.4 is 0 Å². The molecule has 1 N–H and O–H groups in total. The fraction of sp³-hybridized carbons (Fsp3) is 1.00. The third-order valence-corrected chi connectivity index (χ3v) is 1.65. The summed E-state index contributed by atoms with van der Waals surface area (Å²) in [7, 11) is 0. The van der Waals surface area contributed by atoms with Crippen molar-refractivity contribution in [3.63, 3.8) is 0 Å². The predicted molar refractivity (Wildman–Crippen MR) is 46.7 cm³/mol. The average Bonchev–Trinajstić information content (AvgIpc) is 1.88. The van der Waals surface area contributed by atoms with Crippen molar-refractivity contribution in [2.45, 2.75) is 25.4 Å². The first kappa shape index (κ1) is 11.2. The van der Waals surface area contributed by atoms with Crippen LogP contribution in [0, 0.1) is 0 Å². The Bertz CT molecular complexity index is 80.7. The van der Waals surface area contributed by atoms with Gasteiger partial charge in [-0.05, 0) is 13.8 Å². The van der Waals surface area contributed by atoms with Crippen LogP contribution in [-0.4, -0.2) is 30.0 Å². The Morgan fingerprint density at radius 3 is 2.00 bits per heavy atom. The first-order valence-electron chi connectivity index (χ1n) is 3.79. The summed E-state index contributed by atoms with van der Waals surface area (Å²) < 4.78 is 10.4. The van der Waals surface area contributed by atoms with Gasteiger partial charge in [-0.3, -0.25) is 0 Å². The molecule has 0 saturated carbocycles. The van der Waals surface area contributed by atoms with Gasteiger partial charge in [0.2, 0.25) is 5.12 Å². The highest BCUT2D eigenvalue weighted by Gasteiger charge is 2.24. The van der Waals surface area contributed by atoms with Crippen LogP contribution >= 0.6 is 12.6 Å². The lowest BCUT2D eigenvalue weighted by atomic mass is 10.4. The topological polar surface area (TPSA) is 38.7 Å². The van der Waals surface area contributed by atoms with Gasteiger partial charge >= 0.3 is 0 Å². The minimum absolute atomic E-state index is 0.0174. The maximum Gasteiger partial charge on any atom is 0.217 e. The fourth-order valence-corrected chi connectivity index (χ4v) is 1.14. The van der Waals surface area contributed by atoms with Crippen LogP contribution in [-0.2, 0) is 9.47 Å². The molecule has 0 spiro atoms. The second kappa shape index (κ2) is 5.83. The molecular weight excluding hydrogens is 164 g/mol. The molecule has 0 aliphatic heterocycles. The van der Waals surface area contributed by atoms with Crippen LogP contribution in [0.2, 0.25) is 0 Å². The molecule has 0 unspecified atom stereocenters. The minimum Gasteiger partial charge on any atom is -0.396 e. The van der Waals surface area contributed by atoms with Crippen molar-refractivity contribution in [2.24, 2.45) is 0 Å². The van der Waals surface area contributed by atoms with Gasteiger partial charge in [-0.25, -0.2) is 0 Å². The number of aliphatic hydroxyl groups excluding tert-OH is 1. The van der Waals surface area contributed by atoms with Gasteiger partial charge in [-0.15, -0.1) is 12.6 Å². The summed E-state index contributed by atoms with van der Waals surface area (Å²) in [6, 6.07) is 0. The summed E-state index contributed by atoms with van der Waals surface area (Å²) in [5, 5.41) is 7.74. The number of hydrogen-bond donors (Lipinski definition) is 2. The highest BCUT2D eigenvalue weighted by molar-refractivity contribution is 7.81. The summed E-state index contributed by atoms with van der Waals surface area (Å²) in [6.45, 7) is 4.80. The van der Waals surface area contributed by atoms with Crippen molar-refractivity contribution in [1.29, 1.82) is 0 Å².